The van der Waals surface area contributed by atoms with E-state index in [2.05, 4.69) is 5.32 Å². The van der Waals surface area contributed by atoms with E-state index in [0.29, 0.717) is 18.1 Å². The quantitative estimate of drug-likeness (QED) is 0.834. The Labute approximate surface area is 149 Å². The zero-order valence-corrected chi connectivity index (χ0v) is 14.5. The first-order valence-electron chi connectivity index (χ1n) is 7.33. The van der Waals surface area contributed by atoms with Crippen LogP contribution in [-0.2, 0) is 10.0 Å². The molecule has 1 atom stereocenters. The summed E-state index contributed by atoms with van der Waals surface area (Å²) < 4.78 is 34.3. The molecule has 0 aromatic heterocycles. The number of nitrogens with one attached hydrogen (secondary N) is 1. The molecule has 0 saturated carbocycles. The molecule has 0 spiro atoms. The van der Waals surface area contributed by atoms with E-state index in [0.717, 1.165) is 6.07 Å². The van der Waals surface area contributed by atoms with Crippen molar-refractivity contribution >= 4 is 27.5 Å². The first kappa shape index (κ1) is 17.5. The van der Waals surface area contributed by atoms with Crippen molar-refractivity contribution in [3.63, 3.8) is 0 Å². The number of rotatable bonds is 4. The normalized spacial score (nSPS) is 16.3. The molecule has 2 aromatic carbocycles. The fourth-order valence-electron chi connectivity index (χ4n) is 2.33. The van der Waals surface area contributed by atoms with Crippen LogP contribution in [0.4, 0.5) is 0 Å². The molecule has 7 nitrogen and oxygen atoms in total. The second-order valence-electron chi connectivity index (χ2n) is 5.40. The molecule has 0 radical (unpaired) electrons. The maximum atomic E-state index is 12.2. The second-order valence-corrected chi connectivity index (χ2v) is 7.33. The number of amides is 1. The summed E-state index contributed by atoms with van der Waals surface area (Å²) in [4.78, 5) is 11.9. The van der Waals surface area contributed by atoms with E-state index in [1.807, 2.05) is 12.1 Å². The van der Waals surface area contributed by atoms with E-state index < -0.39 is 15.9 Å². The Morgan fingerprint density at radius 1 is 1.24 bits per heavy atom. The third-order valence-corrected chi connectivity index (χ3v) is 4.95. The molecule has 0 bridgehead atoms. The zero-order chi connectivity index (χ0) is 18.0. The number of fused-ring (bicyclic) bond motifs is 1. The minimum Gasteiger partial charge on any atom is -0.486 e. The smallest absolute Gasteiger partial charge is 0.251 e. The van der Waals surface area contributed by atoms with Gasteiger partial charge in [-0.25, -0.2) is 13.6 Å². The van der Waals surface area contributed by atoms with Gasteiger partial charge in [0.15, 0.2) is 11.5 Å². The van der Waals surface area contributed by atoms with E-state index in [1.165, 1.54) is 12.1 Å². The summed E-state index contributed by atoms with van der Waals surface area (Å²) in [5, 5.41) is 7.72. The summed E-state index contributed by atoms with van der Waals surface area (Å²) in [5.74, 6) is 0.792. The maximum absolute atomic E-state index is 12.2. The molecule has 1 amide bonds. The minimum atomic E-state index is -4.02. The van der Waals surface area contributed by atoms with E-state index in [1.54, 1.807) is 12.1 Å². The fourth-order valence-corrected chi connectivity index (χ4v) is 3.41. The number of carbonyl (C=O) groups excluding carboxylic acids is 1. The van der Waals surface area contributed by atoms with Gasteiger partial charge in [-0.15, -0.1) is 0 Å². The molecule has 2 aromatic rings. The van der Waals surface area contributed by atoms with Crippen molar-refractivity contribution in [1.29, 1.82) is 0 Å². The largest absolute Gasteiger partial charge is 0.486 e. The lowest BCUT2D eigenvalue weighted by molar-refractivity contribution is 0.0789. The molecule has 0 fully saturated rings. The topological polar surface area (TPSA) is 108 Å². The van der Waals surface area contributed by atoms with Crippen LogP contribution >= 0.6 is 11.6 Å². The van der Waals surface area contributed by atoms with Gasteiger partial charge in [-0.1, -0.05) is 23.7 Å². The van der Waals surface area contributed by atoms with Gasteiger partial charge in [0.05, 0.1) is 11.6 Å². The number of nitrogens with two attached hydrogens (primary N) is 1. The van der Waals surface area contributed by atoms with Gasteiger partial charge < -0.3 is 14.8 Å². The molecule has 3 rings (SSSR count). The predicted octanol–water partition coefficient (Wildman–Crippen LogP) is 1.56. The molecule has 3 N–H and O–H groups in total. The van der Waals surface area contributed by atoms with Crippen LogP contribution in [0.2, 0.25) is 5.02 Å². The third kappa shape index (κ3) is 4.04. The Kier molecular flexibility index (Phi) is 4.85. The molecule has 9 heteroatoms. The molecule has 0 aliphatic carbocycles. The van der Waals surface area contributed by atoms with Crippen LogP contribution in [-0.4, -0.2) is 33.6 Å². The Balaban J connectivity index is 1.66. The fraction of sp³-hybridized carbons (Fsp3) is 0.188. The highest BCUT2D eigenvalue weighted by Crippen LogP contribution is 2.30. The van der Waals surface area contributed by atoms with Gasteiger partial charge in [0.2, 0.25) is 10.0 Å². The van der Waals surface area contributed by atoms with Crippen LogP contribution in [0.1, 0.15) is 10.4 Å². The number of hydrogen-bond donors (Lipinski definition) is 2. The van der Waals surface area contributed by atoms with Crippen molar-refractivity contribution < 1.29 is 22.7 Å². The first-order chi connectivity index (χ1) is 11.8. The molecular weight excluding hydrogens is 368 g/mol. The highest BCUT2D eigenvalue weighted by molar-refractivity contribution is 7.89. The lowest BCUT2D eigenvalue weighted by Crippen LogP contribution is -2.40. The van der Waals surface area contributed by atoms with Crippen molar-refractivity contribution in [3.05, 3.63) is 53.1 Å². The van der Waals surface area contributed by atoms with Crippen LogP contribution < -0.4 is 19.9 Å². The van der Waals surface area contributed by atoms with Crippen molar-refractivity contribution in [2.75, 3.05) is 13.2 Å². The average molecular weight is 383 g/mol. The lowest BCUT2D eigenvalue weighted by atomic mass is 10.2. The molecule has 0 saturated heterocycles. The Hall–Kier alpha value is -2.29. The number of ether oxygens (including phenoxy) is 2. The summed E-state index contributed by atoms with van der Waals surface area (Å²) in [6, 6.07) is 11.1. The summed E-state index contributed by atoms with van der Waals surface area (Å²) in [6.07, 6.45) is -0.358. The molecule has 25 heavy (non-hydrogen) atoms. The highest BCUT2D eigenvalue weighted by atomic mass is 35.5. The summed E-state index contributed by atoms with van der Waals surface area (Å²) in [7, 11) is -4.02. The molecule has 1 aliphatic heterocycles. The number of halogens is 1. The Morgan fingerprint density at radius 2 is 1.96 bits per heavy atom. The van der Waals surface area contributed by atoms with Gasteiger partial charge in [-0.3, -0.25) is 4.79 Å². The van der Waals surface area contributed by atoms with Gasteiger partial charge in [0.25, 0.3) is 5.91 Å². The molecule has 1 aliphatic rings. The number of sulfonamides is 1. The van der Waals surface area contributed by atoms with Gasteiger partial charge in [0.1, 0.15) is 17.6 Å². The van der Waals surface area contributed by atoms with Gasteiger partial charge in [0, 0.05) is 5.56 Å². The van der Waals surface area contributed by atoms with E-state index in [4.69, 9.17) is 26.2 Å². The number of para-hydroxylation sites is 2. The van der Waals surface area contributed by atoms with E-state index in [9.17, 15) is 13.2 Å². The summed E-state index contributed by atoms with van der Waals surface area (Å²) >= 11 is 5.80. The SMILES string of the molecule is NS(=O)(=O)c1cc(C(=O)NCC2COc3ccccc3O2)ccc1Cl. The number of benzene rings is 2. The van der Waals surface area contributed by atoms with Crippen LogP contribution in [0.15, 0.2) is 47.4 Å². The number of hydrogen-bond acceptors (Lipinski definition) is 5. The van der Waals surface area contributed by atoms with E-state index >= 15 is 0 Å². The van der Waals surface area contributed by atoms with Gasteiger partial charge in [-0.2, -0.15) is 0 Å². The number of carbonyl (C=O) groups is 1. The van der Waals surface area contributed by atoms with Gasteiger partial charge >= 0.3 is 0 Å². The minimum absolute atomic E-state index is 0.0420. The zero-order valence-electron chi connectivity index (χ0n) is 12.9. The summed E-state index contributed by atoms with van der Waals surface area (Å²) in [5.41, 5.74) is 0.130. The molecule has 1 heterocycles. The predicted molar refractivity (Wildman–Crippen MR) is 91.5 cm³/mol. The van der Waals surface area contributed by atoms with Gasteiger partial charge in [-0.05, 0) is 30.3 Å². The van der Waals surface area contributed by atoms with Crippen molar-refractivity contribution in [1.82, 2.24) is 5.32 Å². The molecular formula is C16H15ClN2O5S. The van der Waals surface area contributed by atoms with Crippen molar-refractivity contribution in [2.24, 2.45) is 5.14 Å². The van der Waals surface area contributed by atoms with E-state index in [-0.39, 0.29) is 28.1 Å². The van der Waals surface area contributed by atoms with Crippen LogP contribution in [0.25, 0.3) is 0 Å². The van der Waals surface area contributed by atoms with Crippen molar-refractivity contribution in [3.8, 4) is 11.5 Å². The standard InChI is InChI=1S/C16H15ClN2O5S/c17-12-6-5-10(7-15(12)25(18,21)22)16(20)19-8-11-9-23-13-3-1-2-4-14(13)24-11/h1-7,11H,8-9H2,(H,19,20)(H2,18,21,22). The second kappa shape index (κ2) is 6.91. The van der Waals surface area contributed by atoms with Crippen molar-refractivity contribution in [2.45, 2.75) is 11.0 Å². The third-order valence-electron chi connectivity index (χ3n) is 3.56. The van der Waals surface area contributed by atoms with Crippen LogP contribution in [0, 0.1) is 0 Å². The van der Waals surface area contributed by atoms with Crippen LogP contribution in [0.3, 0.4) is 0 Å². The average Bonchev–Trinajstić information content (AvgIpc) is 2.59. The monoisotopic (exact) mass is 382 g/mol. The molecule has 132 valence electrons. The molecule has 1 unspecified atom stereocenters. The Bertz CT molecular complexity index is 916. The summed E-state index contributed by atoms with van der Waals surface area (Å²) in [6.45, 7) is 0.487. The Morgan fingerprint density at radius 3 is 2.68 bits per heavy atom. The first-order valence-corrected chi connectivity index (χ1v) is 9.26. The maximum Gasteiger partial charge on any atom is 0.251 e. The number of primary sulfonamides is 1. The lowest BCUT2D eigenvalue weighted by Gasteiger charge is -2.26. The van der Waals surface area contributed by atoms with Crippen LogP contribution in [0.5, 0.6) is 11.5 Å². The highest BCUT2D eigenvalue weighted by Gasteiger charge is 2.22.